The number of aryl methyl sites for hydroxylation is 1. The van der Waals surface area contributed by atoms with Crippen LogP contribution in [-0.2, 0) is 12.2 Å². The molecule has 5 aromatic rings. The molecule has 2 aromatic carbocycles. The van der Waals surface area contributed by atoms with Gasteiger partial charge in [-0.25, -0.2) is 4.98 Å². The average molecular weight is 442 g/mol. The lowest BCUT2D eigenvalue weighted by atomic mass is 10.1. The smallest absolute Gasteiger partial charge is 0.266 e. The number of thioether (sulfide) groups is 1. The minimum Gasteiger partial charge on any atom is -0.338 e. The quantitative estimate of drug-likeness (QED) is 0.279. The van der Waals surface area contributed by atoms with Crippen molar-refractivity contribution in [2.45, 2.75) is 24.3 Å². The number of fused-ring (bicyclic) bond motifs is 1. The van der Waals surface area contributed by atoms with Crippen LogP contribution in [0.2, 0.25) is 0 Å². The van der Waals surface area contributed by atoms with Gasteiger partial charge in [0.25, 0.3) is 5.56 Å². The van der Waals surface area contributed by atoms with Crippen LogP contribution in [0.1, 0.15) is 18.4 Å². The number of aromatic nitrogens is 5. The second-order valence-corrected chi connectivity index (χ2v) is 7.99. The van der Waals surface area contributed by atoms with Gasteiger partial charge in [-0.05, 0) is 42.3 Å². The summed E-state index contributed by atoms with van der Waals surface area (Å²) >= 11 is 1.39. The molecule has 7 nitrogen and oxygen atoms in total. The van der Waals surface area contributed by atoms with E-state index < -0.39 is 0 Å². The summed E-state index contributed by atoms with van der Waals surface area (Å²) in [4.78, 5) is 26.9. The van der Waals surface area contributed by atoms with Crippen molar-refractivity contribution in [3.63, 3.8) is 0 Å². The molecule has 3 aromatic heterocycles. The molecule has 0 spiro atoms. The summed E-state index contributed by atoms with van der Waals surface area (Å²) in [6.45, 7) is 2.07. The Kier molecular flexibility index (Phi) is 5.51. The van der Waals surface area contributed by atoms with Crippen molar-refractivity contribution in [1.29, 1.82) is 0 Å². The molecule has 0 N–H and O–H groups in total. The van der Waals surface area contributed by atoms with Gasteiger partial charge in [-0.3, -0.25) is 14.3 Å². The largest absolute Gasteiger partial charge is 0.338 e. The Hall–Kier alpha value is -3.78. The fourth-order valence-corrected chi connectivity index (χ4v) is 4.33. The maximum Gasteiger partial charge on any atom is 0.266 e. The fraction of sp³-hybridized carbons (Fsp3) is 0.125. The first-order valence-corrected chi connectivity index (χ1v) is 11.2. The van der Waals surface area contributed by atoms with Gasteiger partial charge in [-0.2, -0.15) is 4.98 Å². The fourth-order valence-electron chi connectivity index (χ4n) is 3.49. The van der Waals surface area contributed by atoms with Gasteiger partial charge in [0.2, 0.25) is 11.7 Å². The highest BCUT2D eigenvalue weighted by Gasteiger charge is 2.17. The minimum atomic E-state index is -0.0984. The van der Waals surface area contributed by atoms with Crippen LogP contribution in [0, 0.1) is 0 Å². The monoisotopic (exact) mass is 441 g/mol. The normalized spacial score (nSPS) is 11.2. The summed E-state index contributed by atoms with van der Waals surface area (Å²) in [6, 6.07) is 20.8. The van der Waals surface area contributed by atoms with Gasteiger partial charge < -0.3 is 4.52 Å². The van der Waals surface area contributed by atoms with Gasteiger partial charge in [0, 0.05) is 6.20 Å². The van der Waals surface area contributed by atoms with E-state index in [1.165, 1.54) is 11.8 Å². The van der Waals surface area contributed by atoms with Crippen molar-refractivity contribution in [3.8, 4) is 17.2 Å². The minimum absolute atomic E-state index is 0.0984. The highest BCUT2D eigenvalue weighted by Crippen LogP contribution is 2.26. The topological polar surface area (TPSA) is 86.7 Å². The molecule has 0 unspecified atom stereocenters. The van der Waals surface area contributed by atoms with Crippen LogP contribution in [0.4, 0.5) is 0 Å². The maximum atomic E-state index is 13.5. The highest BCUT2D eigenvalue weighted by atomic mass is 32.2. The predicted octanol–water partition coefficient (Wildman–Crippen LogP) is 4.69. The molecule has 0 fully saturated rings. The zero-order valence-corrected chi connectivity index (χ0v) is 18.1. The van der Waals surface area contributed by atoms with Crippen molar-refractivity contribution in [2.24, 2.45) is 0 Å². The lowest BCUT2D eigenvalue weighted by molar-refractivity contribution is 0.391. The summed E-state index contributed by atoms with van der Waals surface area (Å²) in [5, 5.41) is 5.18. The van der Waals surface area contributed by atoms with Crippen molar-refractivity contribution in [3.05, 3.63) is 94.7 Å². The Morgan fingerprint density at radius 1 is 0.969 bits per heavy atom. The molecular formula is C24H19N5O2S. The van der Waals surface area contributed by atoms with E-state index in [0.717, 1.165) is 17.7 Å². The molecule has 0 radical (unpaired) electrons. The van der Waals surface area contributed by atoms with E-state index in [1.807, 2.05) is 60.7 Å². The molecule has 32 heavy (non-hydrogen) atoms. The molecule has 158 valence electrons. The van der Waals surface area contributed by atoms with E-state index in [4.69, 9.17) is 9.51 Å². The van der Waals surface area contributed by atoms with Crippen LogP contribution in [0.25, 0.3) is 28.1 Å². The molecule has 5 rings (SSSR count). The number of hydrogen-bond acceptors (Lipinski definition) is 7. The standard InChI is InChI=1S/C24H19N5O2S/c1-2-16-9-3-6-13-20(16)29-23(30)17-10-4-5-11-18(17)26-24(29)32-15-21-27-22(28-31-21)19-12-7-8-14-25-19/h3-14H,2,15H2,1H3. The van der Waals surface area contributed by atoms with Crippen LogP contribution < -0.4 is 5.56 Å². The van der Waals surface area contributed by atoms with Gasteiger partial charge in [0.15, 0.2) is 5.16 Å². The number of pyridine rings is 1. The van der Waals surface area contributed by atoms with E-state index in [-0.39, 0.29) is 5.56 Å². The van der Waals surface area contributed by atoms with Crippen LogP contribution in [0.3, 0.4) is 0 Å². The van der Waals surface area contributed by atoms with Gasteiger partial charge >= 0.3 is 0 Å². The van der Waals surface area contributed by atoms with Gasteiger partial charge in [0.05, 0.1) is 22.3 Å². The Morgan fingerprint density at radius 3 is 2.62 bits per heavy atom. The van der Waals surface area contributed by atoms with Crippen molar-refractivity contribution in [1.82, 2.24) is 24.7 Å². The van der Waals surface area contributed by atoms with E-state index in [2.05, 4.69) is 22.0 Å². The third-order valence-corrected chi connectivity index (χ3v) is 5.97. The van der Waals surface area contributed by atoms with Crippen molar-refractivity contribution >= 4 is 22.7 Å². The molecule has 0 saturated heterocycles. The number of nitrogens with zero attached hydrogens (tertiary/aromatic N) is 5. The maximum absolute atomic E-state index is 13.5. The Bertz CT molecular complexity index is 1450. The van der Waals surface area contributed by atoms with Gasteiger partial charge in [-0.15, -0.1) is 0 Å². The molecule has 0 atom stereocenters. The number of rotatable bonds is 6. The molecule has 0 bridgehead atoms. The van der Waals surface area contributed by atoms with Crippen molar-refractivity contribution < 1.29 is 4.52 Å². The lowest BCUT2D eigenvalue weighted by Gasteiger charge is -2.15. The summed E-state index contributed by atoms with van der Waals surface area (Å²) in [6.07, 6.45) is 2.49. The Balaban J connectivity index is 1.55. The second kappa shape index (κ2) is 8.76. The van der Waals surface area contributed by atoms with Gasteiger partial charge in [-0.1, -0.05) is 60.2 Å². The average Bonchev–Trinajstić information content (AvgIpc) is 3.33. The van der Waals surface area contributed by atoms with E-state index >= 15 is 0 Å². The first-order chi connectivity index (χ1) is 15.7. The summed E-state index contributed by atoms with van der Waals surface area (Å²) in [7, 11) is 0. The number of benzene rings is 2. The van der Waals surface area contributed by atoms with Crippen LogP contribution in [-0.4, -0.2) is 24.7 Å². The van der Waals surface area contributed by atoms with Crippen LogP contribution in [0.5, 0.6) is 0 Å². The zero-order valence-electron chi connectivity index (χ0n) is 17.3. The number of para-hydroxylation sites is 2. The summed E-state index contributed by atoms with van der Waals surface area (Å²) in [5.41, 5.74) is 3.11. The molecule has 0 aliphatic rings. The molecular weight excluding hydrogens is 422 g/mol. The van der Waals surface area contributed by atoms with Crippen LogP contribution >= 0.6 is 11.8 Å². The molecule has 0 saturated carbocycles. The predicted molar refractivity (Wildman–Crippen MR) is 124 cm³/mol. The first kappa shape index (κ1) is 20.1. The third-order valence-electron chi connectivity index (χ3n) is 5.05. The van der Waals surface area contributed by atoms with E-state index in [9.17, 15) is 4.79 Å². The Labute approximate surface area is 188 Å². The SMILES string of the molecule is CCc1ccccc1-n1c(SCc2nc(-c3ccccn3)no2)nc2ccccc2c1=O. The first-order valence-electron chi connectivity index (χ1n) is 10.2. The second-order valence-electron chi connectivity index (χ2n) is 7.05. The summed E-state index contributed by atoms with van der Waals surface area (Å²) < 4.78 is 7.09. The molecule has 0 aliphatic heterocycles. The van der Waals surface area contributed by atoms with E-state index in [1.54, 1.807) is 16.8 Å². The summed E-state index contributed by atoms with van der Waals surface area (Å²) in [5.74, 6) is 1.24. The molecule has 0 aliphatic carbocycles. The highest BCUT2D eigenvalue weighted by molar-refractivity contribution is 7.98. The molecule has 8 heteroatoms. The molecule has 3 heterocycles. The van der Waals surface area contributed by atoms with E-state index in [0.29, 0.717) is 39.2 Å². The van der Waals surface area contributed by atoms with Crippen molar-refractivity contribution in [2.75, 3.05) is 0 Å². The molecule has 0 amide bonds. The Morgan fingerprint density at radius 2 is 1.78 bits per heavy atom. The number of hydrogen-bond donors (Lipinski definition) is 0. The lowest BCUT2D eigenvalue weighted by Crippen LogP contribution is -2.22. The zero-order chi connectivity index (χ0) is 21.9. The third kappa shape index (κ3) is 3.80. The van der Waals surface area contributed by atoms with Crippen LogP contribution in [0.15, 0.2) is 87.4 Å². The van der Waals surface area contributed by atoms with Gasteiger partial charge in [0.1, 0.15) is 5.69 Å².